The van der Waals surface area contributed by atoms with E-state index in [1.807, 2.05) is 55.7 Å². The molecule has 1 atom stereocenters. The molecule has 1 aromatic heterocycles. The smallest absolute Gasteiger partial charge is 0.251 e. The molecule has 0 aliphatic heterocycles. The summed E-state index contributed by atoms with van der Waals surface area (Å²) < 4.78 is 1.86. The molecular weight excluding hydrogens is 422 g/mol. The highest BCUT2D eigenvalue weighted by molar-refractivity contribution is 7.99. The quantitative estimate of drug-likeness (QED) is 0.376. The summed E-state index contributed by atoms with van der Waals surface area (Å²) in [5, 5.41) is 15.0. The van der Waals surface area contributed by atoms with E-state index in [1.165, 1.54) is 11.8 Å². The molecule has 1 heterocycles. The Morgan fingerprint density at radius 2 is 1.81 bits per heavy atom. The van der Waals surface area contributed by atoms with E-state index in [1.54, 1.807) is 18.2 Å². The Balaban J connectivity index is 1.66. The van der Waals surface area contributed by atoms with Gasteiger partial charge in [-0.3, -0.25) is 9.59 Å². The largest absolute Gasteiger partial charge is 0.342 e. The fourth-order valence-electron chi connectivity index (χ4n) is 3.34. The Hall–Kier alpha value is -3.39. The van der Waals surface area contributed by atoms with Gasteiger partial charge in [-0.05, 0) is 56.2 Å². The Bertz CT molecular complexity index is 1090. The predicted molar refractivity (Wildman–Crippen MR) is 128 cm³/mol. The second-order valence-electron chi connectivity index (χ2n) is 7.51. The lowest BCUT2D eigenvalue weighted by Gasteiger charge is -2.15. The SMILES string of the molecule is C=CCn1c(SCC(=O)Nc2cc(C)cc(C)c2)nnc1[C@H](C)NC(=O)c1ccccc1. The molecule has 0 fully saturated rings. The lowest BCUT2D eigenvalue weighted by molar-refractivity contribution is -0.113. The van der Waals surface area contributed by atoms with Crippen LogP contribution >= 0.6 is 11.8 Å². The molecule has 0 radical (unpaired) electrons. The van der Waals surface area contributed by atoms with Crippen LogP contribution < -0.4 is 10.6 Å². The number of amides is 2. The minimum Gasteiger partial charge on any atom is -0.342 e. The van der Waals surface area contributed by atoms with Gasteiger partial charge in [0.15, 0.2) is 11.0 Å². The Morgan fingerprint density at radius 3 is 2.47 bits per heavy atom. The highest BCUT2D eigenvalue weighted by Gasteiger charge is 2.20. The highest BCUT2D eigenvalue weighted by atomic mass is 32.2. The minimum atomic E-state index is -0.367. The first kappa shape index (κ1) is 23.3. The van der Waals surface area contributed by atoms with Crippen LogP contribution in [0.3, 0.4) is 0 Å². The third kappa shape index (κ3) is 6.07. The van der Waals surface area contributed by atoms with Crippen molar-refractivity contribution in [2.24, 2.45) is 0 Å². The topological polar surface area (TPSA) is 88.9 Å². The summed E-state index contributed by atoms with van der Waals surface area (Å²) in [5.74, 6) is 0.479. The third-order valence-corrected chi connectivity index (χ3v) is 5.63. The van der Waals surface area contributed by atoms with Crippen molar-refractivity contribution in [2.75, 3.05) is 11.1 Å². The van der Waals surface area contributed by atoms with Crippen molar-refractivity contribution in [2.45, 2.75) is 38.5 Å². The maximum atomic E-state index is 12.5. The summed E-state index contributed by atoms with van der Waals surface area (Å²) in [5.41, 5.74) is 3.54. The van der Waals surface area contributed by atoms with E-state index in [4.69, 9.17) is 0 Å². The van der Waals surface area contributed by atoms with E-state index in [-0.39, 0.29) is 23.6 Å². The average molecular weight is 450 g/mol. The molecule has 0 spiro atoms. The molecule has 0 unspecified atom stereocenters. The van der Waals surface area contributed by atoms with E-state index in [0.29, 0.717) is 23.1 Å². The maximum Gasteiger partial charge on any atom is 0.251 e. The van der Waals surface area contributed by atoms with E-state index in [2.05, 4.69) is 33.5 Å². The van der Waals surface area contributed by atoms with Gasteiger partial charge in [-0.1, -0.05) is 42.1 Å². The van der Waals surface area contributed by atoms with Gasteiger partial charge in [0.25, 0.3) is 5.91 Å². The van der Waals surface area contributed by atoms with Crippen molar-refractivity contribution in [3.05, 3.63) is 83.7 Å². The molecule has 0 saturated heterocycles. The lowest BCUT2D eigenvalue weighted by atomic mass is 10.1. The van der Waals surface area contributed by atoms with Crippen LogP contribution in [0.15, 0.2) is 66.3 Å². The molecule has 8 heteroatoms. The lowest BCUT2D eigenvalue weighted by Crippen LogP contribution is -2.28. The van der Waals surface area contributed by atoms with Gasteiger partial charge in [0.2, 0.25) is 5.91 Å². The monoisotopic (exact) mass is 449 g/mol. The summed E-state index contributed by atoms with van der Waals surface area (Å²) in [7, 11) is 0. The molecule has 2 amide bonds. The van der Waals surface area contributed by atoms with E-state index < -0.39 is 0 Å². The highest BCUT2D eigenvalue weighted by Crippen LogP contribution is 2.22. The van der Waals surface area contributed by atoms with Crippen LogP contribution in [0, 0.1) is 13.8 Å². The number of anilines is 1. The first-order valence-corrected chi connectivity index (χ1v) is 11.3. The fourth-order valence-corrected chi connectivity index (χ4v) is 4.09. The van der Waals surface area contributed by atoms with Gasteiger partial charge >= 0.3 is 0 Å². The molecule has 32 heavy (non-hydrogen) atoms. The normalized spacial score (nSPS) is 11.6. The molecule has 7 nitrogen and oxygen atoms in total. The van der Waals surface area contributed by atoms with Gasteiger partial charge in [0, 0.05) is 17.8 Å². The number of aromatic nitrogens is 3. The van der Waals surface area contributed by atoms with Crippen molar-refractivity contribution in [1.82, 2.24) is 20.1 Å². The van der Waals surface area contributed by atoms with Crippen LogP contribution in [0.2, 0.25) is 0 Å². The standard InChI is InChI=1S/C24H27N5O2S/c1-5-11-29-22(18(4)25-23(31)19-9-7-6-8-10-19)27-28-24(29)32-15-21(30)26-20-13-16(2)12-17(3)14-20/h5-10,12-14,18H,1,11,15H2,2-4H3,(H,25,31)(H,26,30)/t18-/m0/s1. The zero-order chi connectivity index (χ0) is 23.1. The molecule has 166 valence electrons. The molecule has 3 aromatic rings. The number of carbonyl (C=O) groups excluding carboxylic acids is 2. The second-order valence-corrected chi connectivity index (χ2v) is 8.46. The van der Waals surface area contributed by atoms with Gasteiger partial charge in [-0.25, -0.2) is 0 Å². The first-order chi connectivity index (χ1) is 15.4. The van der Waals surface area contributed by atoms with Crippen molar-refractivity contribution in [3.8, 4) is 0 Å². The number of nitrogens with zero attached hydrogens (tertiary/aromatic N) is 3. The van der Waals surface area contributed by atoms with E-state index >= 15 is 0 Å². The summed E-state index contributed by atoms with van der Waals surface area (Å²) >= 11 is 1.29. The van der Waals surface area contributed by atoms with Crippen molar-refractivity contribution in [3.63, 3.8) is 0 Å². The molecule has 2 N–H and O–H groups in total. The molecule has 3 rings (SSSR count). The van der Waals surface area contributed by atoms with Crippen LogP contribution in [0.5, 0.6) is 0 Å². The maximum absolute atomic E-state index is 12.5. The van der Waals surface area contributed by atoms with Gasteiger partial charge < -0.3 is 15.2 Å². The predicted octanol–water partition coefficient (Wildman–Crippen LogP) is 4.30. The van der Waals surface area contributed by atoms with Crippen LogP contribution in [0.4, 0.5) is 5.69 Å². The first-order valence-electron chi connectivity index (χ1n) is 10.3. The van der Waals surface area contributed by atoms with Gasteiger partial charge in [-0.2, -0.15) is 0 Å². The zero-order valence-electron chi connectivity index (χ0n) is 18.5. The molecule has 0 aliphatic rings. The fraction of sp³-hybridized carbons (Fsp3) is 0.250. The molecule has 0 saturated carbocycles. The van der Waals surface area contributed by atoms with Crippen LogP contribution in [-0.2, 0) is 11.3 Å². The summed E-state index contributed by atoms with van der Waals surface area (Å²) in [6.45, 7) is 10.1. The second kappa shape index (κ2) is 10.8. The summed E-state index contributed by atoms with van der Waals surface area (Å²) in [6, 6.07) is 14.6. The number of rotatable bonds is 9. The van der Waals surface area contributed by atoms with Gasteiger partial charge in [0.1, 0.15) is 0 Å². The van der Waals surface area contributed by atoms with Crippen molar-refractivity contribution < 1.29 is 9.59 Å². The van der Waals surface area contributed by atoms with Crippen molar-refractivity contribution in [1.29, 1.82) is 0 Å². The van der Waals surface area contributed by atoms with E-state index in [0.717, 1.165) is 16.8 Å². The van der Waals surface area contributed by atoms with Crippen LogP contribution in [-0.4, -0.2) is 32.3 Å². The molecule has 2 aromatic carbocycles. The molecule has 0 aliphatic carbocycles. The summed E-state index contributed by atoms with van der Waals surface area (Å²) in [6.07, 6.45) is 1.73. The number of aryl methyl sites for hydroxylation is 2. The van der Waals surface area contributed by atoms with Crippen LogP contribution in [0.1, 0.15) is 40.3 Å². The third-order valence-electron chi connectivity index (χ3n) is 4.67. The number of benzene rings is 2. The number of carbonyl (C=O) groups is 2. The number of hydrogen-bond donors (Lipinski definition) is 2. The zero-order valence-corrected chi connectivity index (χ0v) is 19.3. The molecular formula is C24H27N5O2S. The Labute approximate surface area is 192 Å². The van der Waals surface area contributed by atoms with Crippen molar-refractivity contribution >= 4 is 29.3 Å². The Kier molecular flexibility index (Phi) is 7.83. The van der Waals surface area contributed by atoms with Gasteiger partial charge in [0.05, 0.1) is 11.8 Å². The number of thioether (sulfide) groups is 1. The van der Waals surface area contributed by atoms with Crippen LogP contribution in [0.25, 0.3) is 0 Å². The van der Waals surface area contributed by atoms with E-state index in [9.17, 15) is 9.59 Å². The molecule has 0 bridgehead atoms. The summed E-state index contributed by atoms with van der Waals surface area (Å²) in [4.78, 5) is 24.9. The Morgan fingerprint density at radius 1 is 1.12 bits per heavy atom. The average Bonchev–Trinajstić information content (AvgIpc) is 3.15. The van der Waals surface area contributed by atoms with Gasteiger partial charge in [-0.15, -0.1) is 16.8 Å². The number of nitrogens with one attached hydrogen (secondary N) is 2. The minimum absolute atomic E-state index is 0.125. The number of hydrogen-bond acceptors (Lipinski definition) is 5. The number of allylic oxidation sites excluding steroid dienone is 1.